The third kappa shape index (κ3) is 3.91. The number of halogens is 1. The van der Waals surface area contributed by atoms with Gasteiger partial charge in [-0.3, -0.25) is 4.98 Å². The number of nitrogen functional groups attached to an aromatic ring is 2. The van der Waals surface area contributed by atoms with Crippen LogP contribution in [-0.4, -0.2) is 25.4 Å². The number of sulfone groups is 1. The Balaban J connectivity index is 2.41. The lowest BCUT2D eigenvalue weighted by Gasteiger charge is -2.10. The lowest BCUT2D eigenvalue weighted by atomic mass is 10.0. The molecule has 112 valence electrons. The fraction of sp³-hybridized carbons (Fsp3) is 0.214. The van der Waals surface area contributed by atoms with Crippen molar-refractivity contribution in [3.63, 3.8) is 0 Å². The van der Waals surface area contributed by atoms with Crippen LogP contribution in [-0.2, 0) is 16.3 Å². The normalized spacial score (nSPS) is 11.5. The summed E-state index contributed by atoms with van der Waals surface area (Å²) in [5, 5.41) is 0. The summed E-state index contributed by atoms with van der Waals surface area (Å²) in [5.41, 5.74) is 13.8. The van der Waals surface area contributed by atoms with E-state index in [4.69, 9.17) is 11.5 Å². The molecule has 0 amide bonds. The molecule has 7 heteroatoms. The molecule has 2 rings (SSSR count). The molecule has 0 bridgehead atoms. The van der Waals surface area contributed by atoms with Crippen LogP contribution in [0.15, 0.2) is 30.6 Å². The molecule has 2 aromatic rings. The molecule has 0 atom stereocenters. The molecule has 0 aliphatic rings. The van der Waals surface area contributed by atoms with Crippen molar-refractivity contribution in [1.29, 1.82) is 0 Å². The molecule has 0 aliphatic carbocycles. The first kappa shape index (κ1) is 15.2. The van der Waals surface area contributed by atoms with E-state index in [1.165, 1.54) is 24.5 Å². The Morgan fingerprint density at radius 3 is 2.57 bits per heavy atom. The van der Waals surface area contributed by atoms with Crippen molar-refractivity contribution in [2.75, 3.05) is 23.5 Å². The molecule has 21 heavy (non-hydrogen) atoms. The van der Waals surface area contributed by atoms with Gasteiger partial charge in [0.1, 0.15) is 15.7 Å². The smallest absolute Gasteiger partial charge is 0.147 e. The van der Waals surface area contributed by atoms with E-state index >= 15 is 0 Å². The van der Waals surface area contributed by atoms with E-state index in [9.17, 15) is 12.8 Å². The number of nitrogens with zero attached hydrogens (tertiary/aromatic N) is 1. The highest BCUT2D eigenvalue weighted by Gasteiger charge is 2.10. The number of pyridine rings is 1. The predicted molar refractivity (Wildman–Crippen MR) is 81.9 cm³/mol. The van der Waals surface area contributed by atoms with Crippen molar-refractivity contribution < 1.29 is 12.8 Å². The van der Waals surface area contributed by atoms with Gasteiger partial charge in [-0.2, -0.15) is 0 Å². The molecular formula is C14H16FN3O2S. The molecule has 1 aromatic carbocycles. The average Bonchev–Trinajstić information content (AvgIpc) is 2.38. The van der Waals surface area contributed by atoms with E-state index in [2.05, 4.69) is 4.98 Å². The summed E-state index contributed by atoms with van der Waals surface area (Å²) in [7, 11) is -3.11. The van der Waals surface area contributed by atoms with Gasteiger partial charge in [0.2, 0.25) is 0 Å². The molecule has 0 aliphatic heterocycles. The summed E-state index contributed by atoms with van der Waals surface area (Å²) in [4.78, 5) is 3.94. The maximum Gasteiger partial charge on any atom is 0.147 e. The van der Waals surface area contributed by atoms with Gasteiger partial charge in [-0.25, -0.2) is 12.8 Å². The molecule has 1 heterocycles. The molecule has 0 fully saturated rings. The quantitative estimate of drug-likeness (QED) is 0.894. The molecule has 0 unspecified atom stereocenters. The summed E-state index contributed by atoms with van der Waals surface area (Å²) in [6.07, 6.45) is 4.30. The lowest BCUT2D eigenvalue weighted by Crippen LogP contribution is -2.06. The van der Waals surface area contributed by atoms with Crippen molar-refractivity contribution in [2.45, 2.75) is 6.42 Å². The predicted octanol–water partition coefficient (Wildman–Crippen LogP) is 1.64. The second-order valence-corrected chi connectivity index (χ2v) is 7.18. The molecule has 0 radical (unpaired) electrons. The van der Waals surface area contributed by atoms with Gasteiger partial charge in [0, 0.05) is 18.0 Å². The monoisotopic (exact) mass is 309 g/mol. The van der Waals surface area contributed by atoms with Crippen molar-refractivity contribution in [2.24, 2.45) is 0 Å². The van der Waals surface area contributed by atoms with E-state index in [-0.39, 0.29) is 12.2 Å². The Kier molecular flexibility index (Phi) is 4.13. The van der Waals surface area contributed by atoms with E-state index in [1.807, 2.05) is 0 Å². The van der Waals surface area contributed by atoms with E-state index in [0.717, 1.165) is 6.26 Å². The minimum Gasteiger partial charge on any atom is -0.396 e. The number of hydrogen-bond acceptors (Lipinski definition) is 5. The number of benzene rings is 1. The van der Waals surface area contributed by atoms with Crippen molar-refractivity contribution in [3.05, 3.63) is 42.0 Å². The Labute approximate surface area is 122 Å². The zero-order chi connectivity index (χ0) is 15.6. The molecule has 1 aromatic heterocycles. The average molecular weight is 309 g/mol. The highest BCUT2D eigenvalue weighted by atomic mass is 32.2. The first-order valence-electron chi connectivity index (χ1n) is 6.23. The summed E-state index contributed by atoms with van der Waals surface area (Å²) >= 11 is 0. The second-order valence-electron chi connectivity index (χ2n) is 4.92. The highest BCUT2D eigenvalue weighted by Crippen LogP contribution is 2.30. The summed E-state index contributed by atoms with van der Waals surface area (Å²) in [6.45, 7) is 0. The van der Waals surface area contributed by atoms with Gasteiger partial charge >= 0.3 is 0 Å². The highest BCUT2D eigenvalue weighted by molar-refractivity contribution is 7.90. The maximum atomic E-state index is 13.7. The van der Waals surface area contributed by atoms with Gasteiger partial charge in [0.15, 0.2) is 0 Å². The topological polar surface area (TPSA) is 99.1 Å². The molecule has 0 spiro atoms. The summed E-state index contributed by atoms with van der Waals surface area (Å²) in [5.74, 6) is -0.501. The first-order valence-corrected chi connectivity index (χ1v) is 8.29. The van der Waals surface area contributed by atoms with Gasteiger partial charge in [0.25, 0.3) is 0 Å². The first-order chi connectivity index (χ1) is 9.76. The number of rotatable bonds is 4. The van der Waals surface area contributed by atoms with Gasteiger partial charge in [-0.05, 0) is 29.7 Å². The van der Waals surface area contributed by atoms with Crippen LogP contribution in [0.4, 0.5) is 15.8 Å². The maximum absolute atomic E-state index is 13.7. The minimum absolute atomic E-state index is 0.0411. The van der Waals surface area contributed by atoms with E-state index in [1.54, 1.807) is 6.07 Å². The number of aryl methyl sites for hydroxylation is 1. The number of hydrogen-bond donors (Lipinski definition) is 2. The third-order valence-corrected chi connectivity index (χ3v) is 3.99. The fourth-order valence-electron chi connectivity index (χ4n) is 1.97. The lowest BCUT2D eigenvalue weighted by molar-refractivity contribution is 0.600. The Morgan fingerprint density at radius 2 is 1.90 bits per heavy atom. The van der Waals surface area contributed by atoms with Crippen LogP contribution in [0.25, 0.3) is 11.1 Å². The summed E-state index contributed by atoms with van der Waals surface area (Å²) < 4.78 is 36.1. The Bertz CT molecular complexity index is 776. The van der Waals surface area contributed by atoms with Crippen LogP contribution in [0, 0.1) is 5.82 Å². The molecular weight excluding hydrogens is 293 g/mol. The van der Waals surface area contributed by atoms with Crippen molar-refractivity contribution in [1.82, 2.24) is 4.98 Å². The van der Waals surface area contributed by atoms with Crippen LogP contribution < -0.4 is 11.5 Å². The SMILES string of the molecule is CS(=O)(=O)CCc1cc(F)cc(-c2cncc(N)c2N)c1. The molecule has 5 nitrogen and oxygen atoms in total. The van der Waals surface area contributed by atoms with Crippen LogP contribution in [0.5, 0.6) is 0 Å². The minimum atomic E-state index is -3.11. The summed E-state index contributed by atoms with van der Waals surface area (Å²) in [6, 6.07) is 4.32. The second kappa shape index (κ2) is 5.69. The zero-order valence-corrected chi connectivity index (χ0v) is 12.3. The van der Waals surface area contributed by atoms with Crippen molar-refractivity contribution >= 4 is 21.2 Å². The number of aromatic nitrogens is 1. The molecule has 0 saturated heterocycles. The van der Waals surface area contributed by atoms with Gasteiger partial charge in [0.05, 0.1) is 23.3 Å². The van der Waals surface area contributed by atoms with Crippen LogP contribution in [0.2, 0.25) is 0 Å². The fourth-order valence-corrected chi connectivity index (χ4v) is 2.58. The number of anilines is 2. The van der Waals surface area contributed by atoms with E-state index < -0.39 is 15.7 Å². The zero-order valence-electron chi connectivity index (χ0n) is 11.5. The largest absolute Gasteiger partial charge is 0.396 e. The standard InChI is InChI=1S/C14H16FN3O2S/c1-21(19,20)3-2-9-4-10(6-11(15)5-9)12-7-18-8-13(16)14(12)17/h4-8H,2-3,16H2,1H3,(H2,17,18). The van der Waals surface area contributed by atoms with Gasteiger partial charge < -0.3 is 11.5 Å². The van der Waals surface area contributed by atoms with Crippen LogP contribution in [0.3, 0.4) is 0 Å². The Hall–Kier alpha value is -2.15. The third-order valence-electron chi connectivity index (χ3n) is 3.05. The van der Waals surface area contributed by atoms with Crippen LogP contribution in [0.1, 0.15) is 5.56 Å². The Morgan fingerprint density at radius 1 is 1.19 bits per heavy atom. The molecule has 4 N–H and O–H groups in total. The molecule has 0 saturated carbocycles. The van der Waals surface area contributed by atoms with E-state index in [0.29, 0.717) is 28.1 Å². The number of nitrogens with two attached hydrogens (primary N) is 2. The van der Waals surface area contributed by atoms with Crippen LogP contribution >= 0.6 is 0 Å². The van der Waals surface area contributed by atoms with Crippen molar-refractivity contribution in [3.8, 4) is 11.1 Å². The van der Waals surface area contributed by atoms with Gasteiger partial charge in [-0.1, -0.05) is 6.07 Å². The van der Waals surface area contributed by atoms with Gasteiger partial charge in [-0.15, -0.1) is 0 Å².